The lowest BCUT2D eigenvalue weighted by Gasteiger charge is -2.21. The van der Waals surface area contributed by atoms with Gasteiger partial charge in [-0.1, -0.05) is 32.6 Å². The van der Waals surface area contributed by atoms with Gasteiger partial charge in [0.1, 0.15) is 0 Å². The summed E-state index contributed by atoms with van der Waals surface area (Å²) in [5.41, 5.74) is 7.90. The highest BCUT2D eigenvalue weighted by molar-refractivity contribution is 6.27. The third-order valence-corrected chi connectivity index (χ3v) is 2.24. The Balaban J connectivity index is 4.25. The van der Waals surface area contributed by atoms with Gasteiger partial charge in [0, 0.05) is 0 Å². The average Bonchev–Trinajstić information content (AvgIpc) is 2.27. The zero-order chi connectivity index (χ0) is 14.0. The van der Waals surface area contributed by atoms with Crippen molar-refractivity contribution >= 4 is 12.0 Å². The lowest BCUT2D eigenvalue weighted by Crippen LogP contribution is -2.30. The molecule has 0 saturated carbocycles. The molecule has 0 N–H and O–H groups in total. The topological polar surface area (TPSA) is 71.9 Å². The molecule has 0 bridgehead atoms. The molecule has 0 amide bonds. The van der Waals surface area contributed by atoms with Crippen molar-refractivity contribution in [3.05, 3.63) is 5.53 Å². The van der Waals surface area contributed by atoms with Crippen LogP contribution in [0.15, 0.2) is 0 Å². The number of Topliss-reactive ketones (excluding diaryl/α,β-unsaturated/α-hetero) is 1. The van der Waals surface area contributed by atoms with Crippen molar-refractivity contribution in [2.45, 2.75) is 71.5 Å². The van der Waals surface area contributed by atoms with Crippen LogP contribution in [0.25, 0.3) is 5.53 Å². The summed E-state index contributed by atoms with van der Waals surface area (Å²) >= 11 is 0. The molecule has 0 aromatic carbocycles. The van der Waals surface area contributed by atoms with Gasteiger partial charge in [-0.05, 0) is 27.2 Å². The predicted octanol–water partition coefficient (Wildman–Crippen LogP) is 2.94. The maximum Gasteiger partial charge on any atom is 0.326 e. The molecule has 0 saturated heterocycles. The van der Waals surface area contributed by atoms with Crippen molar-refractivity contribution in [2.24, 2.45) is 0 Å². The summed E-state index contributed by atoms with van der Waals surface area (Å²) in [6.07, 6.45) is 4.94. The Hall–Kier alpha value is -1.03. The lowest BCUT2D eigenvalue weighted by molar-refractivity contribution is -0.365. The van der Waals surface area contributed by atoms with Crippen molar-refractivity contribution in [3.63, 3.8) is 0 Å². The Morgan fingerprint density at radius 1 is 1.33 bits per heavy atom. The van der Waals surface area contributed by atoms with Crippen LogP contribution >= 0.6 is 0 Å². The van der Waals surface area contributed by atoms with Crippen LogP contribution in [0.5, 0.6) is 0 Å². The van der Waals surface area contributed by atoms with Crippen LogP contribution in [-0.2, 0) is 14.6 Å². The minimum absolute atomic E-state index is 0.377. The molecule has 0 spiro atoms. The van der Waals surface area contributed by atoms with Gasteiger partial charge in [-0.25, -0.2) is 9.78 Å². The number of hydrogen-bond donors (Lipinski definition) is 0. The number of ketones is 1. The summed E-state index contributed by atoms with van der Waals surface area (Å²) < 4.78 is 0. The molecule has 0 rings (SSSR count). The van der Waals surface area contributed by atoms with Gasteiger partial charge in [0.15, 0.2) is 6.10 Å². The molecule has 0 aliphatic carbocycles. The smallest absolute Gasteiger partial charge is 0.326 e. The van der Waals surface area contributed by atoms with Crippen LogP contribution < -0.4 is 0 Å². The second-order valence-electron chi connectivity index (χ2n) is 5.28. The third-order valence-electron chi connectivity index (χ3n) is 2.24. The van der Waals surface area contributed by atoms with Crippen molar-refractivity contribution in [1.29, 1.82) is 0 Å². The van der Waals surface area contributed by atoms with E-state index < -0.39 is 11.7 Å². The summed E-state index contributed by atoms with van der Waals surface area (Å²) in [6.45, 7) is 7.64. The van der Waals surface area contributed by atoms with Crippen LogP contribution in [-0.4, -0.2) is 28.5 Å². The molecule has 0 fully saturated rings. The largest absolute Gasteiger partial charge is 0.361 e. The first-order chi connectivity index (χ1) is 8.40. The fraction of sp³-hybridized carbons (Fsp3) is 0.846. The first kappa shape index (κ1) is 17.0. The molecule has 0 aliphatic rings. The average molecular weight is 256 g/mol. The third kappa shape index (κ3) is 9.05. The highest BCUT2D eigenvalue weighted by Gasteiger charge is 2.24. The zero-order valence-electron chi connectivity index (χ0n) is 11.8. The van der Waals surface area contributed by atoms with Crippen molar-refractivity contribution in [3.8, 4) is 0 Å². The van der Waals surface area contributed by atoms with Gasteiger partial charge in [0.2, 0.25) is 0 Å². The maximum atomic E-state index is 11.6. The van der Waals surface area contributed by atoms with E-state index >= 15 is 0 Å². The first-order valence-electron chi connectivity index (χ1n) is 6.46. The maximum absolute atomic E-state index is 11.6. The minimum atomic E-state index is -0.697. The summed E-state index contributed by atoms with van der Waals surface area (Å²) in [7, 11) is 0. The number of hydrogen-bond acceptors (Lipinski definition) is 3. The molecule has 1 atom stereocenters. The molecule has 1 unspecified atom stereocenters. The molecular formula is C13H24N2O3. The quantitative estimate of drug-likeness (QED) is 0.159. The second-order valence-corrected chi connectivity index (χ2v) is 5.28. The van der Waals surface area contributed by atoms with E-state index in [-0.39, 0.29) is 5.78 Å². The molecule has 5 heteroatoms. The van der Waals surface area contributed by atoms with Gasteiger partial charge in [-0.15, -0.1) is 0 Å². The van der Waals surface area contributed by atoms with E-state index in [0.29, 0.717) is 6.42 Å². The summed E-state index contributed by atoms with van der Waals surface area (Å²) in [6, 6.07) is 0. The van der Waals surface area contributed by atoms with Crippen LogP contribution in [0, 0.1) is 0 Å². The second kappa shape index (κ2) is 8.97. The number of unbranched alkanes of at least 4 members (excludes halogenated alkanes) is 3. The number of carbonyl (C=O) groups excluding carboxylic acids is 1. The van der Waals surface area contributed by atoms with Crippen molar-refractivity contribution < 1.29 is 19.4 Å². The number of rotatable bonds is 9. The van der Waals surface area contributed by atoms with Gasteiger partial charge in [-0.2, -0.15) is 4.79 Å². The van der Waals surface area contributed by atoms with Gasteiger partial charge >= 0.3 is 6.21 Å². The molecule has 0 radical (unpaired) electrons. The number of carbonyl (C=O) groups is 1. The Kier molecular flexibility index (Phi) is 8.46. The van der Waals surface area contributed by atoms with Gasteiger partial charge in [-0.3, -0.25) is 4.79 Å². The highest BCUT2D eigenvalue weighted by Crippen LogP contribution is 2.14. The fourth-order valence-corrected chi connectivity index (χ4v) is 1.34. The fourth-order valence-electron chi connectivity index (χ4n) is 1.34. The molecule has 0 heterocycles. The normalized spacial score (nSPS) is 12.9. The van der Waals surface area contributed by atoms with E-state index in [9.17, 15) is 4.79 Å². The lowest BCUT2D eigenvalue weighted by atomic mass is 10.1. The van der Waals surface area contributed by atoms with E-state index in [1.165, 1.54) is 0 Å². The molecule has 0 aromatic rings. The van der Waals surface area contributed by atoms with Crippen LogP contribution in [0.1, 0.15) is 59.8 Å². The summed E-state index contributed by atoms with van der Waals surface area (Å²) in [4.78, 5) is 24.6. The molecule has 0 aromatic heterocycles. The molecule has 5 nitrogen and oxygen atoms in total. The molecule has 0 aliphatic heterocycles. The minimum Gasteiger partial charge on any atom is -0.361 e. The monoisotopic (exact) mass is 256 g/mol. The number of nitrogens with zero attached hydrogens (tertiary/aromatic N) is 2. The Morgan fingerprint density at radius 2 is 2.00 bits per heavy atom. The van der Waals surface area contributed by atoms with E-state index in [1.54, 1.807) is 0 Å². The Labute approximate surface area is 109 Å². The van der Waals surface area contributed by atoms with Gasteiger partial charge < -0.3 is 5.53 Å². The Morgan fingerprint density at radius 3 is 2.50 bits per heavy atom. The van der Waals surface area contributed by atoms with Crippen molar-refractivity contribution in [1.82, 2.24) is 0 Å². The van der Waals surface area contributed by atoms with E-state index in [1.807, 2.05) is 20.8 Å². The van der Waals surface area contributed by atoms with E-state index in [2.05, 4.69) is 11.7 Å². The Bertz CT molecular complexity index is 291. The highest BCUT2D eigenvalue weighted by atomic mass is 17.2. The van der Waals surface area contributed by atoms with Gasteiger partial charge in [0.05, 0.1) is 5.60 Å². The molecule has 104 valence electrons. The van der Waals surface area contributed by atoms with Gasteiger partial charge in [0.25, 0.3) is 5.78 Å². The van der Waals surface area contributed by atoms with E-state index in [0.717, 1.165) is 31.9 Å². The first-order valence-corrected chi connectivity index (χ1v) is 6.46. The molecular weight excluding hydrogens is 232 g/mol. The summed E-state index contributed by atoms with van der Waals surface area (Å²) in [5.74, 6) is -0.377. The van der Waals surface area contributed by atoms with Crippen LogP contribution in [0.3, 0.4) is 0 Å². The van der Waals surface area contributed by atoms with Crippen LogP contribution in [0.2, 0.25) is 0 Å². The van der Waals surface area contributed by atoms with E-state index in [4.69, 9.17) is 15.3 Å². The zero-order valence-corrected chi connectivity index (χ0v) is 11.8. The van der Waals surface area contributed by atoms with Crippen molar-refractivity contribution in [2.75, 3.05) is 0 Å². The summed E-state index contributed by atoms with van der Waals surface area (Å²) in [5, 5.41) is 0. The van der Waals surface area contributed by atoms with Crippen LogP contribution in [0.4, 0.5) is 0 Å². The SMILES string of the molecule is CCCCCCC(OOC(C)(C)C)C(=O)C=[N+]=[N-]. The standard InChI is InChI=1S/C13H24N2O3/c1-5-6-7-8-9-12(11(16)10-15-14)17-18-13(2,3)4/h10,12H,5-9H2,1-4H3. The predicted molar refractivity (Wildman–Crippen MR) is 69.2 cm³/mol. The molecule has 18 heavy (non-hydrogen) atoms.